The molecule has 0 spiro atoms. The topological polar surface area (TPSA) is 64.1 Å². The van der Waals surface area contributed by atoms with Crippen LogP contribution < -0.4 is 10.6 Å². The summed E-state index contributed by atoms with van der Waals surface area (Å²) in [6, 6.07) is 0. The van der Waals surface area contributed by atoms with Crippen LogP contribution in [0.1, 0.15) is 40.0 Å². The Morgan fingerprint density at radius 1 is 1.04 bits per heavy atom. The first kappa shape index (κ1) is 22.1. The zero-order chi connectivity index (χ0) is 17.3. The van der Waals surface area contributed by atoms with Crippen molar-refractivity contribution in [2.45, 2.75) is 46.1 Å². The third kappa shape index (κ3) is 13.3. The van der Waals surface area contributed by atoms with E-state index in [2.05, 4.69) is 29.5 Å². The molecule has 138 valence electrons. The summed E-state index contributed by atoms with van der Waals surface area (Å²) in [4.78, 5) is 4.24. The lowest BCUT2D eigenvalue weighted by atomic mass is 10.0. The second-order valence-electron chi connectivity index (χ2n) is 5.76. The van der Waals surface area contributed by atoms with Crippen molar-refractivity contribution in [2.24, 2.45) is 10.9 Å². The van der Waals surface area contributed by atoms with Crippen LogP contribution in [0.2, 0.25) is 0 Å². The minimum absolute atomic E-state index is 0.301. The molecule has 0 bridgehead atoms. The number of aliphatic imine (C=N–C) groups is 1. The van der Waals surface area contributed by atoms with Crippen LogP contribution in [0.3, 0.4) is 0 Å². The van der Waals surface area contributed by atoms with Crippen molar-refractivity contribution in [3.05, 3.63) is 0 Å². The molecule has 6 heteroatoms. The van der Waals surface area contributed by atoms with Gasteiger partial charge in [0, 0.05) is 40.5 Å². The van der Waals surface area contributed by atoms with Crippen LogP contribution in [0.25, 0.3) is 0 Å². The first-order chi connectivity index (χ1) is 11.2. The van der Waals surface area contributed by atoms with E-state index in [1.54, 1.807) is 14.2 Å². The highest BCUT2D eigenvalue weighted by molar-refractivity contribution is 5.79. The maximum Gasteiger partial charge on any atom is 0.190 e. The average Bonchev–Trinajstić information content (AvgIpc) is 2.54. The third-order valence-electron chi connectivity index (χ3n) is 3.51. The van der Waals surface area contributed by atoms with Crippen LogP contribution in [-0.4, -0.2) is 65.7 Å². The fourth-order valence-electron chi connectivity index (χ4n) is 2.16. The van der Waals surface area contributed by atoms with E-state index in [1.165, 1.54) is 0 Å². The van der Waals surface area contributed by atoms with Crippen molar-refractivity contribution >= 4 is 5.96 Å². The van der Waals surface area contributed by atoms with Crippen molar-refractivity contribution in [2.75, 3.05) is 53.7 Å². The van der Waals surface area contributed by atoms with Crippen LogP contribution >= 0.6 is 0 Å². The molecule has 0 aromatic carbocycles. The van der Waals surface area contributed by atoms with Gasteiger partial charge in [-0.1, -0.05) is 13.8 Å². The van der Waals surface area contributed by atoms with E-state index in [0.717, 1.165) is 51.5 Å². The molecule has 0 heterocycles. The van der Waals surface area contributed by atoms with Gasteiger partial charge in [0.25, 0.3) is 0 Å². The van der Waals surface area contributed by atoms with Crippen molar-refractivity contribution in [3.8, 4) is 0 Å². The van der Waals surface area contributed by atoms with E-state index >= 15 is 0 Å². The molecule has 1 atom stereocenters. The number of rotatable bonds is 14. The standard InChI is InChI=1S/C17H37N3O3/c1-6-23-16(15(2)3)9-11-20-17(18-4)19-10-7-8-12-22-14-13-21-5/h15-16H,6-14H2,1-5H3,(H2,18,19,20). The van der Waals surface area contributed by atoms with Gasteiger partial charge >= 0.3 is 0 Å². The fourth-order valence-corrected chi connectivity index (χ4v) is 2.16. The number of unbranched alkanes of at least 4 members (excludes halogenated alkanes) is 1. The predicted molar refractivity (Wildman–Crippen MR) is 96.2 cm³/mol. The Kier molecular flexibility index (Phi) is 15.4. The molecular formula is C17H37N3O3. The third-order valence-corrected chi connectivity index (χ3v) is 3.51. The van der Waals surface area contributed by atoms with E-state index < -0.39 is 0 Å². The van der Waals surface area contributed by atoms with Crippen LogP contribution in [0.15, 0.2) is 4.99 Å². The van der Waals surface area contributed by atoms with Gasteiger partial charge in [-0.05, 0) is 32.1 Å². The van der Waals surface area contributed by atoms with Gasteiger partial charge in [0.1, 0.15) is 0 Å². The normalized spacial score (nSPS) is 13.4. The van der Waals surface area contributed by atoms with Crippen molar-refractivity contribution < 1.29 is 14.2 Å². The van der Waals surface area contributed by atoms with Crippen molar-refractivity contribution in [1.82, 2.24) is 10.6 Å². The van der Waals surface area contributed by atoms with Gasteiger partial charge in [0.05, 0.1) is 19.3 Å². The highest BCUT2D eigenvalue weighted by Gasteiger charge is 2.12. The lowest BCUT2D eigenvalue weighted by Gasteiger charge is -2.21. The second-order valence-corrected chi connectivity index (χ2v) is 5.76. The fraction of sp³-hybridized carbons (Fsp3) is 0.941. The summed E-state index contributed by atoms with van der Waals surface area (Å²) in [5, 5.41) is 6.67. The van der Waals surface area contributed by atoms with Gasteiger partial charge in [-0.3, -0.25) is 4.99 Å². The monoisotopic (exact) mass is 331 g/mol. The molecule has 0 radical (unpaired) electrons. The lowest BCUT2D eigenvalue weighted by molar-refractivity contribution is 0.0258. The Morgan fingerprint density at radius 3 is 2.39 bits per heavy atom. The smallest absolute Gasteiger partial charge is 0.190 e. The molecule has 0 aromatic heterocycles. The summed E-state index contributed by atoms with van der Waals surface area (Å²) in [5.41, 5.74) is 0. The van der Waals surface area contributed by atoms with E-state index in [-0.39, 0.29) is 0 Å². The molecule has 23 heavy (non-hydrogen) atoms. The van der Waals surface area contributed by atoms with E-state index in [4.69, 9.17) is 14.2 Å². The highest BCUT2D eigenvalue weighted by Crippen LogP contribution is 2.09. The molecule has 2 N–H and O–H groups in total. The minimum atomic E-state index is 0.301. The Labute approximate surface area is 142 Å². The number of hydrogen-bond donors (Lipinski definition) is 2. The molecule has 0 aromatic rings. The Hall–Kier alpha value is -0.850. The number of ether oxygens (including phenoxy) is 3. The molecule has 6 nitrogen and oxygen atoms in total. The van der Waals surface area contributed by atoms with Crippen LogP contribution in [0.4, 0.5) is 0 Å². The second kappa shape index (κ2) is 16.0. The summed E-state index contributed by atoms with van der Waals surface area (Å²) in [7, 11) is 3.48. The summed E-state index contributed by atoms with van der Waals surface area (Å²) in [6.45, 7) is 11.1. The van der Waals surface area contributed by atoms with Gasteiger partial charge in [-0.25, -0.2) is 0 Å². The first-order valence-electron chi connectivity index (χ1n) is 8.78. The lowest BCUT2D eigenvalue weighted by Crippen LogP contribution is -2.39. The van der Waals surface area contributed by atoms with Gasteiger partial charge in [-0.2, -0.15) is 0 Å². The molecule has 0 rings (SSSR count). The summed E-state index contributed by atoms with van der Waals surface area (Å²) in [6.07, 6.45) is 3.38. The number of nitrogens with zero attached hydrogens (tertiary/aromatic N) is 1. The zero-order valence-electron chi connectivity index (χ0n) is 15.7. The molecule has 0 aliphatic carbocycles. The Bertz CT molecular complexity index is 286. The van der Waals surface area contributed by atoms with Gasteiger partial charge in [0.2, 0.25) is 0 Å². The predicted octanol–water partition coefficient (Wildman–Crippen LogP) is 2.05. The molecule has 0 aliphatic rings. The number of nitrogens with one attached hydrogen (secondary N) is 2. The zero-order valence-corrected chi connectivity index (χ0v) is 15.7. The molecule has 1 unspecified atom stereocenters. The SMILES string of the molecule is CCOC(CCNC(=NC)NCCCCOCCOC)C(C)C. The maximum absolute atomic E-state index is 5.75. The van der Waals surface area contributed by atoms with E-state index in [9.17, 15) is 0 Å². The summed E-state index contributed by atoms with van der Waals surface area (Å²) in [5.74, 6) is 1.38. The van der Waals surface area contributed by atoms with Crippen LogP contribution in [0.5, 0.6) is 0 Å². The molecule has 0 fully saturated rings. The van der Waals surface area contributed by atoms with Crippen LogP contribution in [-0.2, 0) is 14.2 Å². The minimum Gasteiger partial charge on any atom is -0.382 e. The maximum atomic E-state index is 5.75. The number of hydrogen-bond acceptors (Lipinski definition) is 4. The van der Waals surface area contributed by atoms with Crippen molar-refractivity contribution in [3.63, 3.8) is 0 Å². The summed E-state index contributed by atoms with van der Waals surface area (Å²) < 4.78 is 16.1. The average molecular weight is 332 g/mol. The number of guanidine groups is 1. The molecular weight excluding hydrogens is 294 g/mol. The molecule has 0 saturated heterocycles. The largest absolute Gasteiger partial charge is 0.382 e. The van der Waals surface area contributed by atoms with Gasteiger partial charge in [0.15, 0.2) is 5.96 Å². The highest BCUT2D eigenvalue weighted by atomic mass is 16.5. The van der Waals surface area contributed by atoms with Gasteiger partial charge < -0.3 is 24.8 Å². The van der Waals surface area contributed by atoms with Crippen LogP contribution in [0, 0.1) is 5.92 Å². The van der Waals surface area contributed by atoms with E-state index in [0.29, 0.717) is 25.2 Å². The quantitative estimate of drug-likeness (QED) is 0.290. The molecule has 0 amide bonds. The van der Waals surface area contributed by atoms with Gasteiger partial charge in [-0.15, -0.1) is 0 Å². The Balaban J connectivity index is 3.67. The number of methoxy groups -OCH3 is 1. The molecule has 0 aliphatic heterocycles. The molecule has 0 saturated carbocycles. The Morgan fingerprint density at radius 2 is 1.78 bits per heavy atom. The summed E-state index contributed by atoms with van der Waals surface area (Å²) >= 11 is 0. The first-order valence-corrected chi connectivity index (χ1v) is 8.78. The van der Waals surface area contributed by atoms with Crippen molar-refractivity contribution in [1.29, 1.82) is 0 Å². The van der Waals surface area contributed by atoms with E-state index in [1.807, 2.05) is 6.92 Å².